The standard InChI is InChI=1S/C21H24FN3O3/c1-14-4-2-5-17(12-14)23-20(26)24-18-6-3-7-19(13-18)28-21(27)25-16-10-8-15(22)9-11-16/h2,4-5,8-12,18-19H,3,6-7,13H2,1H3,(H,25,27)(H2,23,24,26). The number of rotatable bonds is 4. The molecule has 1 saturated carbocycles. The Bertz CT molecular complexity index is 826. The fourth-order valence-corrected chi connectivity index (χ4v) is 3.29. The Morgan fingerprint density at radius 1 is 1.04 bits per heavy atom. The van der Waals surface area contributed by atoms with Crippen molar-refractivity contribution >= 4 is 23.5 Å². The third kappa shape index (κ3) is 5.97. The van der Waals surface area contributed by atoms with Crippen molar-refractivity contribution in [2.45, 2.75) is 44.8 Å². The van der Waals surface area contributed by atoms with Crippen molar-refractivity contribution in [1.29, 1.82) is 0 Å². The number of halogens is 1. The SMILES string of the molecule is Cc1cccc(NC(=O)NC2CCCC(OC(=O)Nc3ccc(F)cc3)C2)c1. The first-order valence-corrected chi connectivity index (χ1v) is 9.35. The zero-order valence-electron chi connectivity index (χ0n) is 15.7. The monoisotopic (exact) mass is 385 g/mol. The first kappa shape index (κ1) is 19.7. The molecule has 0 aromatic heterocycles. The summed E-state index contributed by atoms with van der Waals surface area (Å²) in [6.45, 7) is 1.96. The molecule has 148 valence electrons. The summed E-state index contributed by atoms with van der Waals surface area (Å²) in [4.78, 5) is 24.3. The summed E-state index contributed by atoms with van der Waals surface area (Å²) < 4.78 is 18.4. The van der Waals surface area contributed by atoms with Gasteiger partial charge in [0.15, 0.2) is 0 Å². The van der Waals surface area contributed by atoms with Gasteiger partial charge in [0.1, 0.15) is 11.9 Å². The van der Waals surface area contributed by atoms with Crippen molar-refractivity contribution in [2.75, 3.05) is 10.6 Å². The number of nitrogens with one attached hydrogen (secondary N) is 3. The van der Waals surface area contributed by atoms with Gasteiger partial charge in [-0.05, 0) is 68.1 Å². The normalized spacial score (nSPS) is 18.8. The van der Waals surface area contributed by atoms with E-state index in [1.165, 1.54) is 24.3 Å². The first-order chi connectivity index (χ1) is 13.5. The van der Waals surface area contributed by atoms with Crippen molar-refractivity contribution in [3.05, 3.63) is 59.9 Å². The maximum Gasteiger partial charge on any atom is 0.411 e. The Morgan fingerprint density at radius 3 is 2.57 bits per heavy atom. The zero-order valence-corrected chi connectivity index (χ0v) is 15.7. The van der Waals surface area contributed by atoms with E-state index in [4.69, 9.17) is 4.74 Å². The third-order valence-corrected chi connectivity index (χ3v) is 4.60. The molecule has 0 saturated heterocycles. The van der Waals surface area contributed by atoms with E-state index in [0.717, 1.165) is 30.5 Å². The zero-order chi connectivity index (χ0) is 19.9. The van der Waals surface area contributed by atoms with Gasteiger partial charge in [-0.3, -0.25) is 5.32 Å². The Labute approximate surface area is 163 Å². The number of carbonyl (C=O) groups is 2. The molecule has 3 amide bonds. The molecule has 3 rings (SSSR count). The lowest BCUT2D eigenvalue weighted by Gasteiger charge is -2.29. The Morgan fingerprint density at radius 2 is 1.82 bits per heavy atom. The Balaban J connectivity index is 1.46. The van der Waals surface area contributed by atoms with Crippen molar-refractivity contribution in [3.8, 4) is 0 Å². The van der Waals surface area contributed by atoms with Crippen LogP contribution in [0.1, 0.15) is 31.2 Å². The van der Waals surface area contributed by atoms with Crippen LogP contribution in [0, 0.1) is 12.7 Å². The number of aryl methyl sites for hydroxylation is 1. The van der Waals surface area contributed by atoms with Crippen molar-refractivity contribution < 1.29 is 18.7 Å². The summed E-state index contributed by atoms with van der Waals surface area (Å²) >= 11 is 0. The molecule has 0 heterocycles. The molecule has 1 aliphatic carbocycles. The molecular weight excluding hydrogens is 361 g/mol. The highest BCUT2D eigenvalue weighted by Gasteiger charge is 2.26. The van der Waals surface area contributed by atoms with Crippen LogP contribution in [0.4, 0.5) is 25.4 Å². The first-order valence-electron chi connectivity index (χ1n) is 9.35. The van der Waals surface area contributed by atoms with Crippen LogP contribution in [-0.2, 0) is 4.74 Å². The van der Waals surface area contributed by atoms with Crippen LogP contribution in [-0.4, -0.2) is 24.3 Å². The topological polar surface area (TPSA) is 79.5 Å². The summed E-state index contributed by atoms with van der Waals surface area (Å²) in [6, 6.07) is 12.7. The van der Waals surface area contributed by atoms with Crippen LogP contribution >= 0.6 is 0 Å². The van der Waals surface area contributed by atoms with Gasteiger partial charge in [0.2, 0.25) is 0 Å². The lowest BCUT2D eigenvalue weighted by molar-refractivity contribution is 0.0779. The second-order valence-electron chi connectivity index (χ2n) is 6.99. The smallest absolute Gasteiger partial charge is 0.411 e. The van der Waals surface area contributed by atoms with Crippen LogP contribution in [0.15, 0.2) is 48.5 Å². The summed E-state index contributed by atoms with van der Waals surface area (Å²) in [7, 11) is 0. The molecule has 0 spiro atoms. The summed E-state index contributed by atoms with van der Waals surface area (Å²) in [5, 5.41) is 8.35. The maximum absolute atomic E-state index is 12.9. The second kappa shape index (κ2) is 9.21. The van der Waals surface area contributed by atoms with Gasteiger partial charge in [-0.25, -0.2) is 14.0 Å². The predicted molar refractivity (Wildman–Crippen MR) is 106 cm³/mol. The summed E-state index contributed by atoms with van der Waals surface area (Å²) in [5.74, 6) is -0.371. The molecule has 0 aliphatic heterocycles. The van der Waals surface area contributed by atoms with E-state index in [2.05, 4.69) is 16.0 Å². The van der Waals surface area contributed by atoms with Gasteiger partial charge in [-0.2, -0.15) is 0 Å². The van der Waals surface area contributed by atoms with E-state index in [-0.39, 0.29) is 24.0 Å². The van der Waals surface area contributed by atoms with Crippen molar-refractivity contribution in [3.63, 3.8) is 0 Å². The van der Waals surface area contributed by atoms with Gasteiger partial charge in [0.05, 0.1) is 0 Å². The van der Waals surface area contributed by atoms with E-state index in [0.29, 0.717) is 12.1 Å². The molecule has 28 heavy (non-hydrogen) atoms. The Hall–Kier alpha value is -3.09. The minimum Gasteiger partial charge on any atom is -0.446 e. The van der Waals surface area contributed by atoms with Gasteiger partial charge < -0.3 is 15.4 Å². The molecule has 2 aromatic carbocycles. The summed E-state index contributed by atoms with van der Waals surface area (Å²) in [5.41, 5.74) is 2.27. The molecule has 0 radical (unpaired) electrons. The molecular formula is C21H24FN3O3. The molecule has 2 unspecified atom stereocenters. The van der Waals surface area contributed by atoms with E-state index in [9.17, 15) is 14.0 Å². The highest BCUT2D eigenvalue weighted by atomic mass is 19.1. The van der Waals surface area contributed by atoms with Gasteiger partial charge in [-0.15, -0.1) is 0 Å². The average Bonchev–Trinajstić information content (AvgIpc) is 2.64. The molecule has 6 nitrogen and oxygen atoms in total. The lowest BCUT2D eigenvalue weighted by atomic mass is 9.93. The molecule has 7 heteroatoms. The number of benzene rings is 2. The number of hydrogen-bond acceptors (Lipinski definition) is 3. The molecule has 0 bridgehead atoms. The van der Waals surface area contributed by atoms with Gasteiger partial charge in [-0.1, -0.05) is 12.1 Å². The highest BCUT2D eigenvalue weighted by molar-refractivity contribution is 5.89. The maximum atomic E-state index is 12.9. The number of carbonyl (C=O) groups excluding carboxylic acids is 2. The number of ether oxygens (including phenoxy) is 1. The van der Waals surface area contributed by atoms with Crippen LogP contribution in [0.3, 0.4) is 0 Å². The highest BCUT2D eigenvalue weighted by Crippen LogP contribution is 2.22. The van der Waals surface area contributed by atoms with E-state index >= 15 is 0 Å². The minimum atomic E-state index is -0.582. The van der Waals surface area contributed by atoms with Crippen LogP contribution in [0.25, 0.3) is 0 Å². The van der Waals surface area contributed by atoms with E-state index in [1.807, 2.05) is 31.2 Å². The fourth-order valence-electron chi connectivity index (χ4n) is 3.29. The van der Waals surface area contributed by atoms with Gasteiger partial charge >= 0.3 is 12.1 Å². The van der Waals surface area contributed by atoms with Crippen LogP contribution in [0.5, 0.6) is 0 Å². The molecule has 1 fully saturated rings. The second-order valence-corrected chi connectivity index (χ2v) is 6.99. The number of amides is 3. The predicted octanol–water partition coefficient (Wildman–Crippen LogP) is 4.82. The number of urea groups is 1. The van der Waals surface area contributed by atoms with Crippen LogP contribution in [0.2, 0.25) is 0 Å². The molecule has 2 aromatic rings. The molecule has 2 atom stereocenters. The number of hydrogen-bond donors (Lipinski definition) is 3. The lowest BCUT2D eigenvalue weighted by Crippen LogP contribution is -2.43. The quantitative estimate of drug-likeness (QED) is 0.706. The average molecular weight is 385 g/mol. The van der Waals surface area contributed by atoms with Gasteiger partial charge in [0, 0.05) is 23.8 Å². The van der Waals surface area contributed by atoms with Crippen molar-refractivity contribution in [2.24, 2.45) is 0 Å². The largest absolute Gasteiger partial charge is 0.446 e. The van der Waals surface area contributed by atoms with E-state index in [1.54, 1.807) is 0 Å². The fraction of sp³-hybridized carbons (Fsp3) is 0.333. The third-order valence-electron chi connectivity index (χ3n) is 4.60. The van der Waals surface area contributed by atoms with Crippen LogP contribution < -0.4 is 16.0 Å². The Kier molecular flexibility index (Phi) is 6.47. The van der Waals surface area contributed by atoms with Gasteiger partial charge in [0.25, 0.3) is 0 Å². The number of anilines is 2. The molecule has 1 aliphatic rings. The van der Waals surface area contributed by atoms with Crippen molar-refractivity contribution in [1.82, 2.24) is 5.32 Å². The van der Waals surface area contributed by atoms with E-state index < -0.39 is 6.09 Å². The summed E-state index contributed by atoms with van der Waals surface area (Å²) in [6.07, 6.45) is 2.12. The minimum absolute atomic E-state index is 0.0674. The molecule has 3 N–H and O–H groups in total.